The average molecular weight is 367 g/mol. The number of pyridine rings is 1. The van der Waals surface area contributed by atoms with Crippen molar-refractivity contribution in [2.45, 2.75) is 25.3 Å². The van der Waals surface area contributed by atoms with E-state index in [0.717, 1.165) is 25.9 Å². The van der Waals surface area contributed by atoms with E-state index in [9.17, 15) is 9.90 Å². The summed E-state index contributed by atoms with van der Waals surface area (Å²) in [4.78, 5) is 26.0. The van der Waals surface area contributed by atoms with Crippen LogP contribution in [0.3, 0.4) is 0 Å². The molecule has 1 saturated heterocycles. The van der Waals surface area contributed by atoms with Gasteiger partial charge in [0.2, 0.25) is 0 Å². The minimum Gasteiger partial charge on any atom is -0.478 e. The number of carboxylic acid groups (broad SMARTS) is 1. The normalized spacial score (nSPS) is 15.6. The van der Waals surface area contributed by atoms with Gasteiger partial charge in [-0.25, -0.2) is 19.7 Å². The number of nitrogens with zero attached hydrogens (tertiary/aromatic N) is 5. The van der Waals surface area contributed by atoms with Crippen LogP contribution < -0.4 is 15.5 Å². The molecule has 1 aliphatic heterocycles. The third-order valence-corrected chi connectivity index (χ3v) is 4.99. The molecule has 0 aromatic carbocycles. The zero-order valence-electron chi connectivity index (χ0n) is 15.2. The second-order valence-corrected chi connectivity index (χ2v) is 6.72. The first-order chi connectivity index (χ1) is 12.9. The van der Waals surface area contributed by atoms with Crippen LogP contribution in [0.25, 0.3) is 0 Å². The number of carboxylic acids is 1. The Balaban J connectivity index is 1.92. The summed E-state index contributed by atoms with van der Waals surface area (Å²) in [5.41, 5.74) is 0.802. The molecule has 140 valence electrons. The molecule has 0 spiro atoms. The van der Waals surface area contributed by atoms with Gasteiger partial charge in [0.1, 0.15) is 23.3 Å². The number of piperidine rings is 1. The van der Waals surface area contributed by atoms with Crippen molar-refractivity contribution < 1.29 is 9.90 Å². The van der Waals surface area contributed by atoms with E-state index in [1.54, 1.807) is 6.07 Å². The Bertz CT molecular complexity index is 870. The number of nitriles is 1. The van der Waals surface area contributed by atoms with Gasteiger partial charge in [0.25, 0.3) is 0 Å². The van der Waals surface area contributed by atoms with Crippen LogP contribution in [0, 0.1) is 11.3 Å². The summed E-state index contributed by atoms with van der Waals surface area (Å²) >= 11 is 0. The highest BCUT2D eigenvalue weighted by molar-refractivity contribution is 5.95. The summed E-state index contributed by atoms with van der Waals surface area (Å²) in [5, 5.41) is 24.7. The van der Waals surface area contributed by atoms with Crippen molar-refractivity contribution in [3.63, 3.8) is 0 Å². The highest BCUT2D eigenvalue weighted by atomic mass is 16.4. The number of nitrogens with one attached hydrogen (secondary N) is 2. The van der Waals surface area contributed by atoms with Gasteiger partial charge in [-0.2, -0.15) is 5.26 Å². The van der Waals surface area contributed by atoms with Crippen LogP contribution in [0.1, 0.15) is 35.8 Å². The van der Waals surface area contributed by atoms with Crippen molar-refractivity contribution in [2.24, 2.45) is 0 Å². The quantitative estimate of drug-likeness (QED) is 0.724. The van der Waals surface area contributed by atoms with Gasteiger partial charge < -0.3 is 20.6 Å². The maximum Gasteiger partial charge on any atom is 0.339 e. The van der Waals surface area contributed by atoms with Crippen LogP contribution in [-0.4, -0.2) is 51.7 Å². The molecule has 2 aromatic rings. The van der Waals surface area contributed by atoms with Gasteiger partial charge in [-0.15, -0.1) is 0 Å². The smallest absolute Gasteiger partial charge is 0.339 e. The summed E-state index contributed by atoms with van der Waals surface area (Å²) in [7, 11) is 1.92. The van der Waals surface area contributed by atoms with Crippen LogP contribution in [0.2, 0.25) is 0 Å². The van der Waals surface area contributed by atoms with E-state index in [-0.39, 0.29) is 16.8 Å². The molecule has 3 N–H and O–H groups in total. The Kier molecular flexibility index (Phi) is 5.19. The first kappa shape index (κ1) is 18.5. The van der Waals surface area contributed by atoms with E-state index in [2.05, 4.69) is 32.5 Å². The zero-order valence-corrected chi connectivity index (χ0v) is 15.2. The van der Waals surface area contributed by atoms with Crippen molar-refractivity contribution in [2.75, 3.05) is 30.4 Å². The van der Waals surface area contributed by atoms with Gasteiger partial charge in [0, 0.05) is 24.8 Å². The predicted molar refractivity (Wildman–Crippen MR) is 100 cm³/mol. The topological polar surface area (TPSA) is 127 Å². The van der Waals surface area contributed by atoms with Gasteiger partial charge >= 0.3 is 5.97 Å². The number of carbonyl (C=O) groups is 1. The van der Waals surface area contributed by atoms with E-state index in [4.69, 9.17) is 5.26 Å². The van der Waals surface area contributed by atoms with Gasteiger partial charge in [-0.3, -0.25) is 0 Å². The molecule has 0 bridgehead atoms. The Morgan fingerprint density at radius 3 is 2.56 bits per heavy atom. The van der Waals surface area contributed by atoms with Gasteiger partial charge in [0.15, 0.2) is 5.69 Å². The van der Waals surface area contributed by atoms with Crippen LogP contribution in [0.4, 0.5) is 17.3 Å². The van der Waals surface area contributed by atoms with Gasteiger partial charge in [-0.1, -0.05) is 0 Å². The van der Waals surface area contributed by atoms with Crippen molar-refractivity contribution in [3.05, 3.63) is 35.9 Å². The van der Waals surface area contributed by atoms with E-state index in [1.165, 1.54) is 18.6 Å². The largest absolute Gasteiger partial charge is 0.478 e. The van der Waals surface area contributed by atoms with Crippen molar-refractivity contribution >= 4 is 23.3 Å². The zero-order chi connectivity index (χ0) is 19.4. The van der Waals surface area contributed by atoms with Crippen LogP contribution in [-0.2, 0) is 0 Å². The molecule has 27 heavy (non-hydrogen) atoms. The molecule has 0 atom stereocenters. The van der Waals surface area contributed by atoms with E-state index in [0.29, 0.717) is 17.3 Å². The summed E-state index contributed by atoms with van der Waals surface area (Å²) in [6, 6.07) is 3.61. The van der Waals surface area contributed by atoms with Crippen molar-refractivity contribution in [1.82, 2.24) is 20.3 Å². The third-order valence-electron chi connectivity index (χ3n) is 4.99. The molecule has 9 nitrogen and oxygen atoms in total. The molecule has 0 radical (unpaired) electrons. The minimum atomic E-state index is -1.02. The van der Waals surface area contributed by atoms with Crippen molar-refractivity contribution in [1.29, 1.82) is 5.26 Å². The minimum absolute atomic E-state index is 0.147. The predicted octanol–water partition coefficient (Wildman–Crippen LogP) is 1.76. The summed E-state index contributed by atoms with van der Waals surface area (Å²) in [6.45, 7) is 3.92. The van der Waals surface area contributed by atoms with Crippen LogP contribution in [0.5, 0.6) is 0 Å². The molecule has 0 saturated carbocycles. The fourth-order valence-electron chi connectivity index (χ4n) is 3.13. The number of hydrogen-bond acceptors (Lipinski definition) is 8. The molecule has 1 aliphatic rings. The molecule has 1 fully saturated rings. The summed E-state index contributed by atoms with van der Waals surface area (Å²) < 4.78 is 0. The number of aromatic nitrogens is 3. The van der Waals surface area contributed by atoms with Gasteiger partial charge in [-0.05, 0) is 32.9 Å². The first-order valence-electron chi connectivity index (χ1n) is 8.60. The standard InChI is InChI=1S/C18H21N7O2/c1-18(3-5-20-6-4-18)25(2)14-7-15(23-10-13(14)17(26)27)24-16-11-21-12(8-19)9-22-16/h7,9-11,20H,3-6H2,1-2H3,(H,26,27)(H,22,23,24). The Morgan fingerprint density at radius 2 is 1.96 bits per heavy atom. The lowest BCUT2D eigenvalue weighted by Crippen LogP contribution is -2.51. The van der Waals surface area contributed by atoms with E-state index < -0.39 is 5.97 Å². The number of hydrogen-bond donors (Lipinski definition) is 3. The Labute approximate surface area is 157 Å². The second kappa shape index (κ2) is 7.55. The maximum atomic E-state index is 11.7. The van der Waals surface area contributed by atoms with Crippen LogP contribution in [0.15, 0.2) is 24.7 Å². The molecular formula is C18H21N7O2. The SMILES string of the molecule is CN(c1cc(Nc2cnc(C#N)cn2)ncc1C(=O)O)C1(C)CCNCC1. The molecule has 0 aliphatic carbocycles. The molecule has 0 amide bonds. The Morgan fingerprint density at radius 1 is 1.26 bits per heavy atom. The van der Waals surface area contributed by atoms with E-state index in [1.807, 2.05) is 18.0 Å². The molecule has 0 unspecified atom stereocenters. The lowest BCUT2D eigenvalue weighted by molar-refractivity contribution is 0.0697. The van der Waals surface area contributed by atoms with Crippen LogP contribution >= 0.6 is 0 Å². The molecular weight excluding hydrogens is 346 g/mol. The third kappa shape index (κ3) is 3.96. The monoisotopic (exact) mass is 367 g/mol. The lowest BCUT2D eigenvalue weighted by Gasteiger charge is -2.44. The molecule has 9 heteroatoms. The van der Waals surface area contributed by atoms with Crippen molar-refractivity contribution in [3.8, 4) is 6.07 Å². The average Bonchev–Trinajstić information content (AvgIpc) is 2.68. The second-order valence-electron chi connectivity index (χ2n) is 6.72. The maximum absolute atomic E-state index is 11.7. The fraction of sp³-hybridized carbons (Fsp3) is 0.389. The fourth-order valence-corrected chi connectivity index (χ4v) is 3.13. The number of aromatic carboxylic acids is 1. The molecule has 3 heterocycles. The van der Waals surface area contributed by atoms with E-state index >= 15 is 0 Å². The number of anilines is 3. The molecule has 2 aromatic heterocycles. The first-order valence-corrected chi connectivity index (χ1v) is 8.60. The lowest BCUT2D eigenvalue weighted by atomic mass is 9.88. The summed E-state index contributed by atoms with van der Waals surface area (Å²) in [5.74, 6) is -0.142. The highest BCUT2D eigenvalue weighted by Crippen LogP contribution is 2.33. The highest BCUT2D eigenvalue weighted by Gasteiger charge is 2.33. The molecule has 3 rings (SSSR count). The number of rotatable bonds is 5. The Hall–Kier alpha value is -3.25. The summed E-state index contributed by atoms with van der Waals surface area (Å²) in [6.07, 6.45) is 5.96. The van der Waals surface area contributed by atoms with Gasteiger partial charge in [0.05, 0.1) is 18.1 Å².